The summed E-state index contributed by atoms with van der Waals surface area (Å²) in [4.78, 5) is 28.6. The lowest BCUT2D eigenvalue weighted by molar-refractivity contribution is -0.137. The maximum Gasteiger partial charge on any atom is 0.323 e. The second-order valence-electron chi connectivity index (χ2n) is 4.76. The summed E-state index contributed by atoms with van der Waals surface area (Å²) >= 11 is 3.36. The summed E-state index contributed by atoms with van der Waals surface area (Å²) in [7, 11) is 0. The molecule has 1 heterocycles. The first-order chi connectivity index (χ1) is 10.5. The summed E-state index contributed by atoms with van der Waals surface area (Å²) in [6.45, 7) is 1.96. The van der Waals surface area contributed by atoms with Gasteiger partial charge in [0.1, 0.15) is 18.6 Å². The average molecular weight is 366 g/mol. The minimum atomic E-state index is -1.03. The van der Waals surface area contributed by atoms with Gasteiger partial charge in [0, 0.05) is 22.9 Å². The van der Waals surface area contributed by atoms with Crippen LogP contribution in [0.4, 0.5) is 0 Å². The molecule has 22 heavy (non-hydrogen) atoms. The van der Waals surface area contributed by atoms with Gasteiger partial charge in [0.15, 0.2) is 0 Å². The van der Waals surface area contributed by atoms with Gasteiger partial charge in [0.2, 0.25) is 0 Å². The Morgan fingerprint density at radius 2 is 2.00 bits per heavy atom. The fourth-order valence-corrected chi connectivity index (χ4v) is 2.30. The van der Waals surface area contributed by atoms with Crippen LogP contribution >= 0.6 is 15.9 Å². The molecule has 116 valence electrons. The first-order valence-electron chi connectivity index (χ1n) is 6.82. The fourth-order valence-electron chi connectivity index (χ4n) is 2.04. The number of halogens is 1. The Hall–Kier alpha value is -2.15. The lowest BCUT2D eigenvalue weighted by atomic mass is 10.3. The summed E-state index contributed by atoms with van der Waals surface area (Å²) in [5.41, 5.74) is 1.10. The third-order valence-electron chi connectivity index (χ3n) is 3.03. The lowest BCUT2D eigenvalue weighted by Gasteiger charge is -2.18. The van der Waals surface area contributed by atoms with Crippen molar-refractivity contribution in [1.82, 2.24) is 14.5 Å². The van der Waals surface area contributed by atoms with E-state index in [2.05, 4.69) is 20.9 Å². The van der Waals surface area contributed by atoms with Crippen LogP contribution in [0.2, 0.25) is 0 Å². The van der Waals surface area contributed by atoms with E-state index in [9.17, 15) is 9.59 Å². The molecular formula is C15H16BrN3O3. The molecule has 1 aromatic heterocycles. The molecule has 0 aliphatic heterocycles. The number of aliphatic carboxylic acids is 1. The van der Waals surface area contributed by atoms with Crippen LogP contribution in [0, 0.1) is 0 Å². The third kappa shape index (κ3) is 3.94. The molecule has 0 aliphatic rings. The SMILES string of the molecule is CCCN(CC(=O)O)C(=O)c1cn(-c2ccc(Br)cc2)cn1. The molecule has 0 atom stereocenters. The highest BCUT2D eigenvalue weighted by Crippen LogP contribution is 2.15. The topological polar surface area (TPSA) is 75.4 Å². The summed E-state index contributed by atoms with van der Waals surface area (Å²) in [6.07, 6.45) is 3.84. The molecule has 0 bridgehead atoms. The van der Waals surface area contributed by atoms with Crippen molar-refractivity contribution in [1.29, 1.82) is 0 Å². The highest BCUT2D eigenvalue weighted by atomic mass is 79.9. The van der Waals surface area contributed by atoms with Crippen molar-refractivity contribution in [2.45, 2.75) is 13.3 Å². The van der Waals surface area contributed by atoms with Crippen LogP contribution in [0.15, 0.2) is 41.3 Å². The van der Waals surface area contributed by atoms with Crippen molar-refractivity contribution >= 4 is 27.8 Å². The second-order valence-corrected chi connectivity index (χ2v) is 5.68. The third-order valence-corrected chi connectivity index (χ3v) is 3.56. The van der Waals surface area contributed by atoms with Crippen LogP contribution in [-0.2, 0) is 4.79 Å². The molecule has 7 heteroatoms. The van der Waals surface area contributed by atoms with Crippen LogP contribution in [0.1, 0.15) is 23.8 Å². The predicted octanol–water partition coefficient (Wildman–Crippen LogP) is 2.57. The fraction of sp³-hybridized carbons (Fsp3) is 0.267. The molecular weight excluding hydrogens is 350 g/mol. The Kier molecular flexibility index (Phi) is 5.32. The van der Waals surface area contributed by atoms with Gasteiger partial charge >= 0.3 is 5.97 Å². The van der Waals surface area contributed by atoms with E-state index in [1.54, 1.807) is 17.1 Å². The number of benzene rings is 1. The summed E-state index contributed by atoms with van der Waals surface area (Å²) in [5.74, 6) is -1.41. The minimum Gasteiger partial charge on any atom is -0.480 e. The zero-order chi connectivity index (χ0) is 16.1. The average Bonchev–Trinajstić information content (AvgIpc) is 2.96. The van der Waals surface area contributed by atoms with Crippen molar-refractivity contribution in [3.05, 3.63) is 47.0 Å². The predicted molar refractivity (Wildman–Crippen MR) is 85.1 cm³/mol. The van der Waals surface area contributed by atoms with E-state index < -0.39 is 5.97 Å². The van der Waals surface area contributed by atoms with Crippen LogP contribution in [0.3, 0.4) is 0 Å². The molecule has 2 aromatic rings. The van der Waals surface area contributed by atoms with E-state index in [-0.39, 0.29) is 18.1 Å². The number of amides is 1. The van der Waals surface area contributed by atoms with Gasteiger partial charge in [-0.25, -0.2) is 4.98 Å². The quantitative estimate of drug-likeness (QED) is 0.853. The zero-order valence-corrected chi connectivity index (χ0v) is 13.7. The van der Waals surface area contributed by atoms with Crippen LogP contribution < -0.4 is 0 Å². The van der Waals surface area contributed by atoms with Gasteiger partial charge in [-0.1, -0.05) is 22.9 Å². The zero-order valence-electron chi connectivity index (χ0n) is 12.1. The number of carbonyl (C=O) groups excluding carboxylic acids is 1. The van der Waals surface area contributed by atoms with E-state index in [0.717, 1.165) is 10.2 Å². The number of imidazole rings is 1. The molecule has 2 rings (SSSR count). The largest absolute Gasteiger partial charge is 0.480 e. The van der Waals surface area contributed by atoms with Crippen LogP contribution in [-0.4, -0.2) is 44.5 Å². The van der Waals surface area contributed by atoms with Crippen LogP contribution in [0.5, 0.6) is 0 Å². The van der Waals surface area contributed by atoms with Crippen LogP contribution in [0.25, 0.3) is 5.69 Å². The second kappa shape index (κ2) is 7.22. The maximum atomic E-state index is 12.3. The Bertz CT molecular complexity index is 667. The van der Waals surface area contributed by atoms with Gasteiger partial charge in [-0.3, -0.25) is 9.59 Å². The molecule has 0 radical (unpaired) electrons. The molecule has 0 saturated heterocycles. The molecule has 0 unspecified atom stereocenters. The summed E-state index contributed by atoms with van der Waals surface area (Å²) in [6, 6.07) is 7.57. The van der Waals surface area contributed by atoms with Gasteiger partial charge in [0.25, 0.3) is 5.91 Å². The number of hydrogen-bond donors (Lipinski definition) is 1. The first-order valence-corrected chi connectivity index (χ1v) is 7.61. The van der Waals surface area contributed by atoms with Gasteiger partial charge in [-0.2, -0.15) is 0 Å². The highest BCUT2D eigenvalue weighted by Gasteiger charge is 2.20. The minimum absolute atomic E-state index is 0.234. The van der Waals surface area contributed by atoms with Gasteiger partial charge in [-0.05, 0) is 30.7 Å². The summed E-state index contributed by atoms with van der Waals surface area (Å²) < 4.78 is 2.69. The number of rotatable bonds is 6. The monoisotopic (exact) mass is 365 g/mol. The molecule has 1 amide bonds. The lowest BCUT2D eigenvalue weighted by Crippen LogP contribution is -2.36. The van der Waals surface area contributed by atoms with Gasteiger partial charge in [-0.15, -0.1) is 0 Å². The van der Waals surface area contributed by atoms with E-state index >= 15 is 0 Å². The number of nitrogens with zero attached hydrogens (tertiary/aromatic N) is 3. The molecule has 0 fully saturated rings. The molecule has 0 spiro atoms. The maximum absolute atomic E-state index is 12.3. The summed E-state index contributed by atoms with van der Waals surface area (Å²) in [5, 5.41) is 8.89. The molecule has 1 N–H and O–H groups in total. The number of aromatic nitrogens is 2. The Labute approximate surface area is 136 Å². The highest BCUT2D eigenvalue weighted by molar-refractivity contribution is 9.10. The van der Waals surface area contributed by atoms with E-state index in [4.69, 9.17) is 5.11 Å². The van der Waals surface area contributed by atoms with E-state index in [1.807, 2.05) is 31.2 Å². The van der Waals surface area contributed by atoms with Crippen molar-refractivity contribution in [3.8, 4) is 5.69 Å². The van der Waals surface area contributed by atoms with E-state index in [1.165, 1.54) is 4.90 Å². The van der Waals surface area contributed by atoms with E-state index in [0.29, 0.717) is 13.0 Å². The Morgan fingerprint density at radius 3 is 2.59 bits per heavy atom. The van der Waals surface area contributed by atoms with Crippen molar-refractivity contribution < 1.29 is 14.7 Å². The Morgan fingerprint density at radius 1 is 1.32 bits per heavy atom. The molecule has 1 aromatic carbocycles. The molecule has 0 saturated carbocycles. The van der Waals surface area contributed by atoms with Gasteiger partial charge < -0.3 is 14.6 Å². The number of hydrogen-bond acceptors (Lipinski definition) is 3. The number of carboxylic acid groups (broad SMARTS) is 1. The van der Waals surface area contributed by atoms with Crippen molar-refractivity contribution in [2.75, 3.05) is 13.1 Å². The van der Waals surface area contributed by atoms with Crippen molar-refractivity contribution in [2.24, 2.45) is 0 Å². The normalized spacial score (nSPS) is 10.5. The number of carboxylic acids is 1. The smallest absolute Gasteiger partial charge is 0.323 e. The Balaban J connectivity index is 2.20. The first kappa shape index (κ1) is 16.2. The van der Waals surface area contributed by atoms with Gasteiger partial charge in [0.05, 0.1) is 0 Å². The van der Waals surface area contributed by atoms with Crippen molar-refractivity contribution in [3.63, 3.8) is 0 Å². The molecule has 0 aliphatic carbocycles. The number of carbonyl (C=O) groups is 2. The molecule has 6 nitrogen and oxygen atoms in total. The standard InChI is InChI=1S/C15H16BrN3O3/c1-2-7-18(9-14(20)21)15(22)13-8-19(10-17-13)12-5-3-11(16)4-6-12/h3-6,8,10H,2,7,9H2,1H3,(H,20,21).